The van der Waals surface area contributed by atoms with Crippen LogP contribution in [0.25, 0.3) is 0 Å². The van der Waals surface area contributed by atoms with E-state index in [1.165, 1.54) is 12.1 Å². The fraction of sp³-hybridized carbons (Fsp3) is 0.533. The van der Waals surface area contributed by atoms with Gasteiger partial charge in [0, 0.05) is 13.0 Å². The monoisotopic (exact) mass is 267 g/mol. The minimum Gasteiger partial charge on any atom is -0.391 e. The van der Waals surface area contributed by atoms with Crippen molar-refractivity contribution in [2.24, 2.45) is 5.41 Å². The highest BCUT2D eigenvalue weighted by atomic mass is 19.1. The molecule has 0 aliphatic rings. The Hall–Kier alpha value is -1.42. The standard InChI is InChI=1S/C15H22FNO2/c1-15(2,3)13(18)10-17-14(19)9-6-11-4-7-12(16)8-5-11/h4-5,7-8,13,18H,6,9-10H2,1-3H3,(H,17,19). The summed E-state index contributed by atoms with van der Waals surface area (Å²) in [5.41, 5.74) is 0.678. The largest absolute Gasteiger partial charge is 0.391 e. The average molecular weight is 267 g/mol. The van der Waals surface area contributed by atoms with Crippen molar-refractivity contribution >= 4 is 5.91 Å². The third kappa shape index (κ3) is 5.83. The third-order valence-electron chi connectivity index (χ3n) is 3.05. The second-order valence-electron chi connectivity index (χ2n) is 5.81. The van der Waals surface area contributed by atoms with Crippen molar-refractivity contribution in [2.45, 2.75) is 39.7 Å². The molecule has 1 atom stereocenters. The Morgan fingerprint density at radius 3 is 2.42 bits per heavy atom. The Bertz CT molecular complexity index is 409. The summed E-state index contributed by atoms with van der Waals surface area (Å²) in [6.07, 6.45) is 0.336. The minimum absolute atomic E-state index is 0.104. The first-order chi connectivity index (χ1) is 8.79. The van der Waals surface area contributed by atoms with Gasteiger partial charge in [-0.25, -0.2) is 4.39 Å². The Balaban J connectivity index is 2.30. The van der Waals surface area contributed by atoms with E-state index in [1.54, 1.807) is 12.1 Å². The number of carbonyl (C=O) groups is 1. The number of aliphatic hydroxyl groups excluding tert-OH is 1. The van der Waals surface area contributed by atoms with Crippen LogP contribution in [0.3, 0.4) is 0 Å². The third-order valence-corrected chi connectivity index (χ3v) is 3.05. The smallest absolute Gasteiger partial charge is 0.220 e. The Morgan fingerprint density at radius 2 is 1.89 bits per heavy atom. The number of rotatable bonds is 5. The van der Waals surface area contributed by atoms with E-state index in [9.17, 15) is 14.3 Å². The maximum absolute atomic E-state index is 12.7. The number of halogens is 1. The first-order valence-electron chi connectivity index (χ1n) is 6.48. The number of hydrogen-bond donors (Lipinski definition) is 2. The van der Waals surface area contributed by atoms with Crippen molar-refractivity contribution in [3.63, 3.8) is 0 Å². The summed E-state index contributed by atoms with van der Waals surface area (Å²) in [7, 11) is 0. The lowest BCUT2D eigenvalue weighted by molar-refractivity contribution is -0.121. The molecule has 0 saturated heterocycles. The Kier molecular flexibility index (Phi) is 5.48. The van der Waals surface area contributed by atoms with Crippen LogP contribution in [0.4, 0.5) is 4.39 Å². The van der Waals surface area contributed by atoms with Crippen LogP contribution in [0.15, 0.2) is 24.3 Å². The zero-order chi connectivity index (χ0) is 14.5. The van der Waals surface area contributed by atoms with Gasteiger partial charge in [0.1, 0.15) is 5.82 Å². The molecule has 2 N–H and O–H groups in total. The molecule has 4 heteroatoms. The molecule has 0 radical (unpaired) electrons. The van der Waals surface area contributed by atoms with Crippen LogP contribution >= 0.6 is 0 Å². The summed E-state index contributed by atoms with van der Waals surface area (Å²) in [5, 5.41) is 12.5. The lowest BCUT2D eigenvalue weighted by atomic mass is 9.89. The van der Waals surface area contributed by atoms with E-state index in [0.717, 1.165) is 5.56 Å². The summed E-state index contributed by atoms with van der Waals surface area (Å²) in [5.74, 6) is -0.380. The predicted molar refractivity (Wildman–Crippen MR) is 73.2 cm³/mol. The highest BCUT2D eigenvalue weighted by Gasteiger charge is 2.22. The molecule has 0 bridgehead atoms. The molecule has 0 aliphatic carbocycles. The fourth-order valence-corrected chi connectivity index (χ4v) is 1.51. The second-order valence-corrected chi connectivity index (χ2v) is 5.81. The summed E-state index contributed by atoms with van der Waals surface area (Å²) < 4.78 is 12.7. The predicted octanol–water partition coefficient (Wildman–Crippen LogP) is 2.28. The van der Waals surface area contributed by atoms with Crippen LogP contribution in [0.5, 0.6) is 0 Å². The molecule has 1 rings (SSSR count). The molecule has 0 fully saturated rings. The highest BCUT2D eigenvalue weighted by Crippen LogP contribution is 2.18. The second kappa shape index (κ2) is 6.66. The van der Waals surface area contributed by atoms with Gasteiger partial charge in [0.05, 0.1) is 6.10 Å². The number of carbonyl (C=O) groups excluding carboxylic acids is 1. The van der Waals surface area contributed by atoms with E-state index in [2.05, 4.69) is 5.32 Å². The molecule has 0 heterocycles. The van der Waals surface area contributed by atoms with Crippen molar-refractivity contribution in [2.75, 3.05) is 6.54 Å². The lowest BCUT2D eigenvalue weighted by Gasteiger charge is -2.25. The van der Waals surface area contributed by atoms with E-state index >= 15 is 0 Å². The van der Waals surface area contributed by atoms with Crippen LogP contribution < -0.4 is 5.32 Å². The van der Waals surface area contributed by atoms with Crippen LogP contribution in [-0.4, -0.2) is 23.7 Å². The van der Waals surface area contributed by atoms with Crippen molar-refractivity contribution < 1.29 is 14.3 Å². The van der Waals surface area contributed by atoms with Gasteiger partial charge in [-0.15, -0.1) is 0 Å². The van der Waals surface area contributed by atoms with Crippen LogP contribution in [0.1, 0.15) is 32.8 Å². The SMILES string of the molecule is CC(C)(C)C(O)CNC(=O)CCc1ccc(F)cc1. The molecular weight excluding hydrogens is 245 g/mol. The average Bonchev–Trinajstić information content (AvgIpc) is 2.34. The number of hydrogen-bond acceptors (Lipinski definition) is 2. The lowest BCUT2D eigenvalue weighted by Crippen LogP contribution is -2.39. The molecule has 1 amide bonds. The molecule has 1 unspecified atom stereocenters. The van der Waals surface area contributed by atoms with Gasteiger partial charge in [0.15, 0.2) is 0 Å². The van der Waals surface area contributed by atoms with Gasteiger partial charge in [-0.2, -0.15) is 0 Å². The molecule has 19 heavy (non-hydrogen) atoms. The number of amides is 1. The maximum Gasteiger partial charge on any atom is 0.220 e. The van der Waals surface area contributed by atoms with E-state index in [-0.39, 0.29) is 23.7 Å². The van der Waals surface area contributed by atoms with Gasteiger partial charge < -0.3 is 10.4 Å². The summed E-state index contributed by atoms with van der Waals surface area (Å²) in [6.45, 7) is 6.01. The number of nitrogens with one attached hydrogen (secondary N) is 1. The Labute approximate surface area is 113 Å². The van der Waals surface area contributed by atoms with Crippen molar-refractivity contribution in [1.82, 2.24) is 5.32 Å². The van der Waals surface area contributed by atoms with Crippen LogP contribution in [0, 0.1) is 11.2 Å². The zero-order valence-electron chi connectivity index (χ0n) is 11.7. The highest BCUT2D eigenvalue weighted by molar-refractivity contribution is 5.76. The normalized spacial score (nSPS) is 13.1. The first kappa shape index (κ1) is 15.6. The topological polar surface area (TPSA) is 49.3 Å². The van der Waals surface area contributed by atoms with Gasteiger partial charge in [0.2, 0.25) is 5.91 Å². The molecule has 0 aromatic heterocycles. The quantitative estimate of drug-likeness (QED) is 0.860. The van der Waals surface area contributed by atoms with E-state index in [1.807, 2.05) is 20.8 Å². The molecule has 0 saturated carbocycles. The summed E-state index contributed by atoms with van der Waals surface area (Å²) in [6, 6.07) is 6.12. The molecule has 1 aromatic rings. The zero-order valence-corrected chi connectivity index (χ0v) is 11.7. The van der Waals surface area contributed by atoms with Gasteiger partial charge in [-0.05, 0) is 29.5 Å². The van der Waals surface area contributed by atoms with Crippen molar-refractivity contribution in [3.05, 3.63) is 35.6 Å². The number of aliphatic hydroxyl groups is 1. The molecule has 3 nitrogen and oxygen atoms in total. The van der Waals surface area contributed by atoms with Gasteiger partial charge in [0.25, 0.3) is 0 Å². The Morgan fingerprint density at radius 1 is 1.32 bits per heavy atom. The van der Waals surface area contributed by atoms with E-state index in [0.29, 0.717) is 12.8 Å². The van der Waals surface area contributed by atoms with Crippen LogP contribution in [0.2, 0.25) is 0 Å². The van der Waals surface area contributed by atoms with Gasteiger partial charge in [-0.1, -0.05) is 32.9 Å². The summed E-state index contributed by atoms with van der Waals surface area (Å²) >= 11 is 0. The van der Waals surface area contributed by atoms with Crippen molar-refractivity contribution in [3.8, 4) is 0 Å². The molecule has 0 spiro atoms. The van der Waals surface area contributed by atoms with Crippen molar-refractivity contribution in [1.29, 1.82) is 0 Å². The van der Waals surface area contributed by atoms with Gasteiger partial charge >= 0.3 is 0 Å². The van der Waals surface area contributed by atoms with Crippen LogP contribution in [-0.2, 0) is 11.2 Å². The van der Waals surface area contributed by atoms with Gasteiger partial charge in [-0.3, -0.25) is 4.79 Å². The first-order valence-corrected chi connectivity index (χ1v) is 6.48. The fourth-order valence-electron chi connectivity index (χ4n) is 1.51. The van der Waals surface area contributed by atoms with E-state index in [4.69, 9.17) is 0 Å². The summed E-state index contributed by atoms with van der Waals surface area (Å²) in [4.78, 5) is 11.6. The molecular formula is C15H22FNO2. The number of benzene rings is 1. The van der Waals surface area contributed by atoms with E-state index < -0.39 is 6.10 Å². The maximum atomic E-state index is 12.7. The molecule has 0 aliphatic heterocycles. The molecule has 1 aromatic carbocycles. The number of aryl methyl sites for hydroxylation is 1. The molecule has 106 valence electrons. The minimum atomic E-state index is -0.567.